The molecule has 1 fully saturated rings. The van der Waals surface area contributed by atoms with E-state index in [2.05, 4.69) is 6.92 Å². The first-order chi connectivity index (χ1) is 8.07. The fraction of sp³-hybridized carbons (Fsp3) is 0.571. The Morgan fingerprint density at radius 3 is 2.47 bits per heavy atom. The largest absolute Gasteiger partial charge is 0.330 e. The molecule has 3 heteroatoms. The van der Waals surface area contributed by atoms with E-state index >= 15 is 0 Å². The summed E-state index contributed by atoms with van der Waals surface area (Å²) < 4.78 is 26.8. The van der Waals surface area contributed by atoms with Crippen LogP contribution >= 0.6 is 0 Å². The predicted molar refractivity (Wildman–Crippen MR) is 64.7 cm³/mol. The van der Waals surface area contributed by atoms with Crippen molar-refractivity contribution in [2.75, 3.05) is 6.54 Å². The maximum atomic E-state index is 13.9. The van der Waals surface area contributed by atoms with Gasteiger partial charge in [0.15, 0.2) is 0 Å². The molecule has 1 aliphatic rings. The standard InChI is InChI=1S/C14H19F2N/c1-10-4-6-14(9-17,7-5-10)12-3-2-11(15)8-13(12)16/h2-3,8,10H,4-7,9,17H2,1H3. The third kappa shape index (κ3) is 2.34. The van der Waals surface area contributed by atoms with Crippen LogP contribution in [-0.4, -0.2) is 6.54 Å². The SMILES string of the molecule is CC1CCC(CN)(c2ccc(F)cc2F)CC1. The minimum absolute atomic E-state index is 0.287. The third-order valence-electron chi connectivity index (χ3n) is 4.12. The van der Waals surface area contributed by atoms with E-state index in [1.54, 1.807) is 6.07 Å². The first-order valence-electron chi connectivity index (χ1n) is 6.23. The van der Waals surface area contributed by atoms with E-state index in [9.17, 15) is 8.78 Å². The zero-order chi connectivity index (χ0) is 12.5. The molecule has 1 saturated carbocycles. The van der Waals surface area contributed by atoms with Gasteiger partial charge in [0.1, 0.15) is 11.6 Å². The average Bonchev–Trinajstić information content (AvgIpc) is 2.31. The van der Waals surface area contributed by atoms with E-state index in [1.165, 1.54) is 6.07 Å². The van der Waals surface area contributed by atoms with Crippen LogP contribution in [0, 0.1) is 17.6 Å². The van der Waals surface area contributed by atoms with Crippen molar-refractivity contribution < 1.29 is 8.78 Å². The van der Waals surface area contributed by atoms with E-state index in [4.69, 9.17) is 5.73 Å². The molecule has 1 aromatic carbocycles. The van der Waals surface area contributed by atoms with Gasteiger partial charge in [-0.3, -0.25) is 0 Å². The van der Waals surface area contributed by atoms with Crippen molar-refractivity contribution in [2.24, 2.45) is 11.7 Å². The van der Waals surface area contributed by atoms with Gasteiger partial charge in [-0.1, -0.05) is 13.0 Å². The zero-order valence-corrected chi connectivity index (χ0v) is 10.2. The topological polar surface area (TPSA) is 26.0 Å². The van der Waals surface area contributed by atoms with Gasteiger partial charge in [-0.2, -0.15) is 0 Å². The van der Waals surface area contributed by atoms with Crippen molar-refractivity contribution >= 4 is 0 Å². The number of halogens is 2. The van der Waals surface area contributed by atoms with E-state index < -0.39 is 11.6 Å². The number of nitrogens with two attached hydrogens (primary N) is 1. The van der Waals surface area contributed by atoms with Crippen molar-refractivity contribution in [3.05, 3.63) is 35.4 Å². The van der Waals surface area contributed by atoms with E-state index in [1.807, 2.05) is 0 Å². The lowest BCUT2D eigenvalue weighted by molar-refractivity contribution is 0.241. The maximum Gasteiger partial charge on any atom is 0.129 e. The molecule has 0 atom stereocenters. The Labute approximate surface area is 101 Å². The molecule has 94 valence electrons. The van der Waals surface area contributed by atoms with Crippen molar-refractivity contribution in [3.63, 3.8) is 0 Å². The Kier molecular flexibility index (Phi) is 3.48. The molecule has 0 spiro atoms. The van der Waals surface area contributed by atoms with E-state index in [0.717, 1.165) is 31.7 Å². The summed E-state index contributed by atoms with van der Waals surface area (Å²) in [5.41, 5.74) is 6.17. The first-order valence-corrected chi connectivity index (χ1v) is 6.23. The van der Waals surface area contributed by atoms with Crippen LogP contribution in [0.5, 0.6) is 0 Å². The highest BCUT2D eigenvalue weighted by molar-refractivity contribution is 5.29. The van der Waals surface area contributed by atoms with Gasteiger partial charge in [0.2, 0.25) is 0 Å². The Morgan fingerprint density at radius 1 is 1.29 bits per heavy atom. The highest BCUT2D eigenvalue weighted by Crippen LogP contribution is 2.41. The predicted octanol–water partition coefficient (Wildman–Crippen LogP) is 3.37. The summed E-state index contributed by atoms with van der Waals surface area (Å²) in [4.78, 5) is 0. The molecule has 0 aromatic heterocycles. The van der Waals surface area contributed by atoms with E-state index in [0.29, 0.717) is 18.0 Å². The Balaban J connectivity index is 2.34. The summed E-state index contributed by atoms with van der Waals surface area (Å²) in [5, 5.41) is 0. The number of benzene rings is 1. The smallest absolute Gasteiger partial charge is 0.129 e. The normalized spacial score (nSPS) is 29.3. The fourth-order valence-corrected chi connectivity index (χ4v) is 2.82. The van der Waals surface area contributed by atoms with Crippen molar-refractivity contribution in [2.45, 2.75) is 38.0 Å². The minimum atomic E-state index is -0.525. The molecule has 1 aromatic rings. The summed E-state index contributed by atoms with van der Waals surface area (Å²) >= 11 is 0. The Hall–Kier alpha value is -0.960. The van der Waals surface area contributed by atoms with Gasteiger partial charge in [0.05, 0.1) is 0 Å². The van der Waals surface area contributed by atoms with Gasteiger partial charge < -0.3 is 5.73 Å². The first kappa shape index (κ1) is 12.5. The monoisotopic (exact) mass is 239 g/mol. The van der Waals surface area contributed by atoms with Gasteiger partial charge in [-0.05, 0) is 43.2 Å². The van der Waals surface area contributed by atoms with Crippen LogP contribution in [0.3, 0.4) is 0 Å². The Morgan fingerprint density at radius 2 is 1.94 bits per heavy atom. The van der Waals surface area contributed by atoms with Gasteiger partial charge in [0, 0.05) is 18.0 Å². The fourth-order valence-electron chi connectivity index (χ4n) is 2.82. The molecule has 0 heterocycles. The second-order valence-corrected chi connectivity index (χ2v) is 5.29. The summed E-state index contributed by atoms with van der Waals surface area (Å²) in [6, 6.07) is 3.85. The maximum absolute atomic E-state index is 13.9. The van der Waals surface area contributed by atoms with Crippen LogP contribution in [0.1, 0.15) is 38.2 Å². The molecule has 17 heavy (non-hydrogen) atoms. The van der Waals surface area contributed by atoms with Crippen molar-refractivity contribution in [1.29, 1.82) is 0 Å². The van der Waals surface area contributed by atoms with Crippen LogP contribution in [0.2, 0.25) is 0 Å². The molecule has 1 aliphatic carbocycles. The molecule has 0 bridgehead atoms. The molecule has 0 saturated heterocycles. The molecule has 0 radical (unpaired) electrons. The van der Waals surface area contributed by atoms with Crippen LogP contribution in [0.25, 0.3) is 0 Å². The minimum Gasteiger partial charge on any atom is -0.330 e. The van der Waals surface area contributed by atoms with Gasteiger partial charge in [0.25, 0.3) is 0 Å². The molecule has 0 unspecified atom stereocenters. The molecule has 2 N–H and O–H groups in total. The third-order valence-corrected chi connectivity index (χ3v) is 4.12. The number of hydrogen-bond donors (Lipinski definition) is 1. The zero-order valence-electron chi connectivity index (χ0n) is 10.2. The van der Waals surface area contributed by atoms with Gasteiger partial charge >= 0.3 is 0 Å². The molecular formula is C14H19F2N. The molecule has 1 nitrogen and oxygen atoms in total. The van der Waals surface area contributed by atoms with Crippen LogP contribution in [0.15, 0.2) is 18.2 Å². The quantitative estimate of drug-likeness (QED) is 0.841. The molecule has 0 amide bonds. The number of hydrogen-bond acceptors (Lipinski definition) is 1. The van der Waals surface area contributed by atoms with Crippen molar-refractivity contribution in [1.82, 2.24) is 0 Å². The average molecular weight is 239 g/mol. The van der Waals surface area contributed by atoms with Crippen LogP contribution in [0.4, 0.5) is 8.78 Å². The second kappa shape index (κ2) is 4.73. The highest BCUT2D eigenvalue weighted by atomic mass is 19.1. The van der Waals surface area contributed by atoms with Crippen LogP contribution in [-0.2, 0) is 5.41 Å². The molecule has 2 rings (SSSR count). The lowest BCUT2D eigenvalue weighted by Crippen LogP contribution is -2.39. The lowest BCUT2D eigenvalue weighted by atomic mass is 9.67. The summed E-state index contributed by atoms with van der Waals surface area (Å²) in [6.07, 6.45) is 3.92. The molecule has 0 aliphatic heterocycles. The Bertz CT molecular complexity index is 395. The number of rotatable bonds is 2. The van der Waals surface area contributed by atoms with Gasteiger partial charge in [-0.25, -0.2) is 8.78 Å². The molecular weight excluding hydrogens is 220 g/mol. The lowest BCUT2D eigenvalue weighted by Gasteiger charge is -2.39. The summed E-state index contributed by atoms with van der Waals surface area (Å²) in [7, 11) is 0. The summed E-state index contributed by atoms with van der Waals surface area (Å²) in [5.74, 6) is -0.300. The second-order valence-electron chi connectivity index (χ2n) is 5.29. The summed E-state index contributed by atoms with van der Waals surface area (Å²) in [6.45, 7) is 2.64. The highest BCUT2D eigenvalue weighted by Gasteiger charge is 2.36. The van der Waals surface area contributed by atoms with Crippen molar-refractivity contribution in [3.8, 4) is 0 Å². The van der Waals surface area contributed by atoms with E-state index in [-0.39, 0.29) is 5.41 Å². The van der Waals surface area contributed by atoms with Crippen LogP contribution < -0.4 is 5.73 Å². The van der Waals surface area contributed by atoms with Gasteiger partial charge in [-0.15, -0.1) is 0 Å².